The molecule has 5 aliphatic rings. The Hall–Kier alpha value is -15.3. The van der Waals surface area contributed by atoms with Crippen LogP contribution in [0.25, 0.3) is 141 Å². The van der Waals surface area contributed by atoms with Crippen LogP contribution in [-0.2, 0) is 32.7 Å². The van der Waals surface area contributed by atoms with Crippen molar-refractivity contribution in [2.45, 2.75) is 81.2 Å². The minimum atomic E-state index is 0.696. The first kappa shape index (κ1) is 70.1. The molecule has 15 nitrogen and oxygen atoms in total. The van der Waals surface area contributed by atoms with E-state index >= 15 is 0 Å². The van der Waals surface area contributed by atoms with Gasteiger partial charge in [-0.2, -0.15) is 0 Å². The molecule has 5 aromatic heterocycles. The van der Waals surface area contributed by atoms with Gasteiger partial charge in [-0.1, -0.05) is 188 Å². The second-order valence-corrected chi connectivity index (χ2v) is 30.2. The summed E-state index contributed by atoms with van der Waals surface area (Å²) >= 11 is 0. The number of nitrogens with zero attached hydrogens (tertiary/aromatic N) is 15. The molecule has 5 aliphatic heterocycles. The Morgan fingerprint density at radius 3 is 1.11 bits per heavy atom. The van der Waals surface area contributed by atoms with Gasteiger partial charge in [-0.3, -0.25) is 0 Å². The molecule has 15 heteroatoms. The molecule has 0 amide bonds. The van der Waals surface area contributed by atoms with Crippen molar-refractivity contribution in [3.05, 3.63) is 397 Å². The zero-order valence-corrected chi connectivity index (χ0v) is 64.7. The number of aromatic nitrogens is 10. The van der Waals surface area contributed by atoms with Crippen LogP contribution in [0.2, 0.25) is 0 Å². The van der Waals surface area contributed by atoms with Gasteiger partial charge in [-0.05, 0) is 170 Å². The highest BCUT2D eigenvalue weighted by atomic mass is 15.5. The van der Waals surface area contributed by atoms with Crippen LogP contribution in [0.5, 0.6) is 0 Å². The molecular weight excluding hydrogens is 1410 g/mol. The summed E-state index contributed by atoms with van der Waals surface area (Å²) in [6.07, 6.45) is 10.7. The van der Waals surface area contributed by atoms with E-state index in [1.54, 1.807) is 0 Å². The van der Waals surface area contributed by atoms with Gasteiger partial charge in [0.05, 0.1) is 70.9 Å². The molecule has 10 heterocycles. The van der Waals surface area contributed by atoms with Gasteiger partial charge in [-0.15, -0.1) is 46.8 Å². The molecule has 0 saturated heterocycles. The summed E-state index contributed by atoms with van der Waals surface area (Å²) in [5.74, 6) is 0. The number of rotatable bonds is 3. The molecule has 0 fully saturated rings. The minimum Gasteiger partial charge on any atom is -0.236 e. The van der Waals surface area contributed by atoms with Gasteiger partial charge in [0.2, 0.25) is 59.4 Å². The van der Waals surface area contributed by atoms with Crippen LogP contribution in [0.15, 0.2) is 274 Å². The highest BCUT2D eigenvalue weighted by Crippen LogP contribution is 2.42. The van der Waals surface area contributed by atoms with Crippen molar-refractivity contribution in [2.24, 2.45) is 0 Å². The molecule has 0 N–H and O–H groups in total. The monoisotopic (exact) mass is 1490 g/mol. The third kappa shape index (κ3) is 11.4. The Bertz CT molecular complexity index is 7390. The number of para-hydroxylation sites is 6. The lowest BCUT2D eigenvalue weighted by atomic mass is 9.92. The first-order valence-electron chi connectivity index (χ1n) is 38.6. The summed E-state index contributed by atoms with van der Waals surface area (Å²) in [4.78, 5) is 18.6. The quantitative estimate of drug-likeness (QED) is 0.125. The zero-order valence-electron chi connectivity index (χ0n) is 64.7. The van der Waals surface area contributed by atoms with E-state index in [4.69, 9.17) is 32.9 Å². The van der Waals surface area contributed by atoms with Crippen molar-refractivity contribution in [1.29, 1.82) is 0 Å². The third-order valence-electron chi connectivity index (χ3n) is 23.9. The van der Waals surface area contributed by atoms with Crippen LogP contribution < -0.4 is 23.4 Å². The van der Waals surface area contributed by atoms with Gasteiger partial charge >= 0.3 is 0 Å². The van der Waals surface area contributed by atoms with E-state index in [2.05, 4.69) is 314 Å². The summed E-state index contributed by atoms with van der Waals surface area (Å²) in [5.41, 5.74) is 37.9. The number of hydrogen-bond donors (Lipinski definition) is 0. The maximum atomic E-state index is 7.53. The molecular formula is C100H76N15+5. The van der Waals surface area contributed by atoms with Crippen molar-refractivity contribution in [1.82, 2.24) is 23.4 Å². The summed E-state index contributed by atoms with van der Waals surface area (Å²) in [6, 6.07) is 82.9. The van der Waals surface area contributed by atoms with Crippen molar-refractivity contribution < 1.29 is 23.4 Å². The predicted octanol–water partition coefficient (Wildman–Crippen LogP) is 21.3. The first-order valence-corrected chi connectivity index (χ1v) is 38.6. The van der Waals surface area contributed by atoms with Crippen molar-refractivity contribution in [3.63, 3.8) is 0 Å². The number of benzene rings is 13. The average molecular weight is 1490 g/mol. The first-order chi connectivity index (χ1) is 56.2. The van der Waals surface area contributed by atoms with Crippen LogP contribution in [0, 0.1) is 81.3 Å². The molecule has 0 atom stereocenters. The number of fused-ring (bicyclic) bond motifs is 25. The summed E-state index contributed by atoms with van der Waals surface area (Å²) in [6.45, 7) is 57.0. The van der Waals surface area contributed by atoms with E-state index in [1.807, 2.05) is 78.9 Å². The van der Waals surface area contributed by atoms with Gasteiger partial charge in [0.15, 0.2) is 32.7 Å². The molecule has 0 radical (unpaired) electrons. The standard InChI is InChI=1S/3C21H14N3.C19H18N3.C18H16N3/c1-22-19-12-6-10-17-14-23-13-16-9-5-11-18(15-7-3-2-4-8-15)20(16)24(23)21(17)19;1-22-19-9-5-8-18-14-23-13-17-11-10-16(15-6-3-2-4-7-15)12-20(17)24(23)21(18)19;1-22-19-9-5-8-17-13-23-14-18-12-16(15-6-3-2-4-7-15)10-11-20(18)24(23)21(17)19;1-11-12(2)14(4)18-16(13(11)3)10-21-9-15-7-6-8-17(20-5)19(15)22(18)21;1-11-8-12(2)15-10-20-9-14-6-5-7-16(19-4)18(14)21(20)17(15)13(11)3/h2*2-12,14H,13H2;2-13H,14H2;6-9H,10H2,1-4H3;5-9H,10H2,1-3H3/q5*+1. The molecule has 0 saturated carbocycles. The lowest BCUT2D eigenvalue weighted by Crippen LogP contribution is -2.36. The fourth-order valence-electron chi connectivity index (χ4n) is 18.0. The molecule has 546 valence electrons. The van der Waals surface area contributed by atoms with Crippen LogP contribution >= 0.6 is 0 Å². The predicted molar refractivity (Wildman–Crippen MR) is 454 cm³/mol. The molecule has 0 aliphatic carbocycles. The van der Waals surface area contributed by atoms with Crippen LogP contribution in [0.1, 0.15) is 66.8 Å². The van der Waals surface area contributed by atoms with E-state index < -0.39 is 0 Å². The van der Waals surface area contributed by atoms with Gasteiger partial charge in [0, 0.05) is 22.3 Å². The van der Waals surface area contributed by atoms with E-state index in [0.717, 1.165) is 98.6 Å². The van der Waals surface area contributed by atoms with E-state index in [0.29, 0.717) is 17.1 Å². The smallest absolute Gasteiger partial charge is 0.217 e. The van der Waals surface area contributed by atoms with E-state index in [-0.39, 0.29) is 0 Å². The normalized spacial score (nSPS) is 12.1. The molecule has 115 heavy (non-hydrogen) atoms. The number of hydrogen-bond acceptors (Lipinski definition) is 0. The lowest BCUT2D eigenvalue weighted by molar-refractivity contribution is -0.749. The van der Waals surface area contributed by atoms with Crippen LogP contribution in [-0.4, -0.2) is 23.4 Å². The van der Waals surface area contributed by atoms with Crippen molar-refractivity contribution in [2.75, 3.05) is 0 Å². The topological polar surface area (TPSA) is 65.8 Å². The van der Waals surface area contributed by atoms with Crippen LogP contribution in [0.3, 0.4) is 0 Å². The Balaban J connectivity index is 0.0000000962. The highest BCUT2D eigenvalue weighted by Gasteiger charge is 2.38. The molecule has 0 bridgehead atoms. The van der Waals surface area contributed by atoms with Gasteiger partial charge in [0.25, 0.3) is 0 Å². The Morgan fingerprint density at radius 1 is 0.252 bits per heavy atom. The second-order valence-electron chi connectivity index (χ2n) is 30.2. The third-order valence-corrected chi connectivity index (χ3v) is 23.9. The maximum Gasteiger partial charge on any atom is 0.217 e. The number of aryl methyl sites for hydroxylation is 2. The Labute approximate surface area is 666 Å². The van der Waals surface area contributed by atoms with E-state index in [9.17, 15) is 0 Å². The molecule has 18 aromatic rings. The fraction of sp³-hybridized carbons (Fsp3) is 0.120. The molecule has 23 rings (SSSR count). The zero-order chi connectivity index (χ0) is 78.6. The summed E-state index contributed by atoms with van der Waals surface area (Å²) in [5, 5.41) is 5.60. The Morgan fingerprint density at radius 2 is 0.626 bits per heavy atom. The summed E-state index contributed by atoms with van der Waals surface area (Å²) in [7, 11) is 0. The molecule has 0 unspecified atom stereocenters. The van der Waals surface area contributed by atoms with Crippen molar-refractivity contribution >= 4 is 83.0 Å². The molecule has 0 spiro atoms. The van der Waals surface area contributed by atoms with Gasteiger partial charge < -0.3 is 0 Å². The minimum absolute atomic E-state index is 0.696. The van der Waals surface area contributed by atoms with Crippen LogP contribution in [0.4, 0.5) is 28.4 Å². The molecule has 13 aromatic carbocycles. The van der Waals surface area contributed by atoms with E-state index in [1.165, 1.54) is 129 Å². The average Bonchev–Trinajstić information content (AvgIpc) is 1.59. The SMILES string of the molecule is [C-]#[N+]c1cccc2c[n+]3n(c12)-c1c(C)c(C)c(C)c(C)c1C3.[C-]#[N+]c1cccc2c[n+]3n(c12)-c1c(C)c(C)cc(C)c1C3.[C-]#[N+]c1cccc2c[n+]3n(c12)-c1c(cccc1-c1ccccc1)C3.[C-]#[N+]c1cccc2c[n+]3n(c12)-c1cc(-c2ccccc2)ccc1C3.[C-]#[N+]c1cccc2c[n+]3n(c12)-c1ccc(-c2ccccc2)cc1C3. The van der Waals surface area contributed by atoms with Gasteiger partial charge in [-0.25, -0.2) is 24.2 Å². The fourth-order valence-corrected chi connectivity index (χ4v) is 18.0. The largest absolute Gasteiger partial charge is 0.236 e. The second kappa shape index (κ2) is 27.9. The maximum absolute atomic E-state index is 7.53. The Kier molecular flexibility index (Phi) is 17.0. The van der Waals surface area contributed by atoms with Gasteiger partial charge in [0.1, 0.15) is 56.0 Å². The van der Waals surface area contributed by atoms with Crippen molar-refractivity contribution in [3.8, 4) is 61.8 Å². The lowest BCUT2D eigenvalue weighted by Gasteiger charge is -2.13. The summed E-state index contributed by atoms with van der Waals surface area (Å²) < 4.78 is 22.1. The highest BCUT2D eigenvalue weighted by molar-refractivity contribution is 5.97.